The Morgan fingerprint density at radius 1 is 1.19 bits per heavy atom. The molecule has 2 aromatic heterocycles. The third-order valence-corrected chi connectivity index (χ3v) is 5.06. The quantitative estimate of drug-likeness (QED) is 0.726. The van der Waals surface area contributed by atoms with Crippen LogP contribution < -0.4 is 21.3 Å². The lowest BCUT2D eigenvalue weighted by Gasteiger charge is -2.36. The van der Waals surface area contributed by atoms with Crippen LogP contribution in [0, 0.1) is 0 Å². The van der Waals surface area contributed by atoms with Gasteiger partial charge in [-0.25, -0.2) is 10.1 Å². The molecule has 1 saturated heterocycles. The van der Waals surface area contributed by atoms with Gasteiger partial charge in [-0.05, 0) is 37.5 Å². The molecule has 3 aromatic rings. The van der Waals surface area contributed by atoms with Gasteiger partial charge in [-0.15, -0.1) is 0 Å². The highest BCUT2D eigenvalue weighted by molar-refractivity contribution is 5.78. The molecule has 0 saturated carbocycles. The Hall–Kier alpha value is -3.16. The van der Waals surface area contributed by atoms with E-state index >= 15 is 0 Å². The lowest BCUT2D eigenvalue weighted by molar-refractivity contribution is 0.466. The first-order chi connectivity index (χ1) is 13.1. The summed E-state index contributed by atoms with van der Waals surface area (Å²) in [5, 5.41) is 10.6. The first kappa shape index (κ1) is 17.3. The largest absolute Gasteiger partial charge is 0.353 e. The Morgan fingerprint density at radius 3 is 2.85 bits per heavy atom. The Bertz CT molecular complexity index is 1050. The Morgan fingerprint density at radius 2 is 2.04 bits per heavy atom. The average molecular weight is 366 g/mol. The molecule has 0 bridgehead atoms. The summed E-state index contributed by atoms with van der Waals surface area (Å²) in [6, 6.07) is 10.8. The Labute approximate surface area is 155 Å². The molecular formula is C19H22N6O2. The zero-order chi connectivity index (χ0) is 18.8. The fraction of sp³-hybridized carbons (Fsp3) is 0.368. The molecule has 3 heterocycles. The summed E-state index contributed by atoms with van der Waals surface area (Å²) in [6.45, 7) is 1.52. The third kappa shape index (κ3) is 3.42. The van der Waals surface area contributed by atoms with E-state index in [4.69, 9.17) is 0 Å². The molecule has 8 heteroatoms. The molecule has 1 unspecified atom stereocenters. The maximum Gasteiger partial charge on any atom is 0.264 e. The van der Waals surface area contributed by atoms with E-state index in [1.165, 1.54) is 6.07 Å². The fourth-order valence-corrected chi connectivity index (χ4v) is 3.60. The number of nitrogens with zero attached hydrogens (tertiary/aromatic N) is 4. The van der Waals surface area contributed by atoms with Gasteiger partial charge in [-0.3, -0.25) is 14.2 Å². The molecule has 0 spiro atoms. The first-order valence-electron chi connectivity index (χ1n) is 9.15. The number of nitrogens with one attached hydrogen (secondary N) is 2. The molecule has 27 heavy (non-hydrogen) atoms. The third-order valence-electron chi connectivity index (χ3n) is 5.06. The van der Waals surface area contributed by atoms with Gasteiger partial charge in [-0.2, -0.15) is 5.10 Å². The molecule has 1 atom stereocenters. The van der Waals surface area contributed by atoms with Gasteiger partial charge in [0.05, 0.1) is 10.9 Å². The van der Waals surface area contributed by atoms with Crippen LogP contribution in [-0.4, -0.2) is 38.9 Å². The van der Waals surface area contributed by atoms with Crippen LogP contribution in [0.4, 0.5) is 11.8 Å². The van der Waals surface area contributed by atoms with Crippen molar-refractivity contribution in [3.05, 3.63) is 57.1 Å². The second-order valence-corrected chi connectivity index (χ2v) is 6.82. The Balaban J connectivity index is 1.57. The number of aromatic nitrogens is 4. The molecule has 1 fully saturated rings. The number of hydrogen-bond acceptors (Lipinski definition) is 6. The van der Waals surface area contributed by atoms with Crippen molar-refractivity contribution in [2.45, 2.75) is 25.3 Å². The minimum absolute atomic E-state index is 0.0640. The number of anilines is 2. The monoisotopic (exact) mass is 366 g/mol. The topological polar surface area (TPSA) is 95.9 Å². The summed E-state index contributed by atoms with van der Waals surface area (Å²) in [4.78, 5) is 30.6. The van der Waals surface area contributed by atoms with E-state index in [1.54, 1.807) is 23.7 Å². The molecule has 1 aliphatic rings. The standard InChI is InChI=1S/C19H22N6O2/c1-24-18(27)14-7-2-3-8-15(14)21-19(24)20-12-13-6-4-5-11-25(13)16-9-10-17(26)23-22-16/h2-3,7-10,13H,4-6,11-12H2,1H3,(H,20,21)(H,23,26). The molecular weight excluding hydrogens is 344 g/mol. The lowest BCUT2D eigenvalue weighted by Crippen LogP contribution is -2.45. The van der Waals surface area contributed by atoms with Gasteiger partial charge in [0.2, 0.25) is 5.95 Å². The van der Waals surface area contributed by atoms with Gasteiger partial charge >= 0.3 is 0 Å². The van der Waals surface area contributed by atoms with Crippen LogP contribution in [0.15, 0.2) is 46.0 Å². The zero-order valence-corrected chi connectivity index (χ0v) is 15.2. The molecule has 0 radical (unpaired) electrons. The second kappa shape index (κ2) is 7.22. The highest BCUT2D eigenvalue weighted by Gasteiger charge is 2.24. The number of aromatic amines is 1. The van der Waals surface area contributed by atoms with E-state index in [-0.39, 0.29) is 17.2 Å². The molecule has 0 amide bonds. The van der Waals surface area contributed by atoms with Gasteiger partial charge in [0.1, 0.15) is 5.82 Å². The molecule has 4 rings (SSSR count). The summed E-state index contributed by atoms with van der Waals surface area (Å²) >= 11 is 0. The predicted molar refractivity (Wildman–Crippen MR) is 105 cm³/mol. The van der Waals surface area contributed by atoms with Crippen LogP contribution in [0.3, 0.4) is 0 Å². The van der Waals surface area contributed by atoms with Crippen molar-refractivity contribution in [1.29, 1.82) is 0 Å². The Kier molecular flexibility index (Phi) is 4.62. The fourth-order valence-electron chi connectivity index (χ4n) is 3.60. The van der Waals surface area contributed by atoms with Gasteiger partial charge in [0, 0.05) is 32.2 Å². The predicted octanol–water partition coefficient (Wildman–Crippen LogP) is 1.49. The van der Waals surface area contributed by atoms with Gasteiger partial charge < -0.3 is 10.2 Å². The molecule has 140 valence electrons. The average Bonchev–Trinajstić information content (AvgIpc) is 2.70. The number of H-pyrrole nitrogens is 1. The number of rotatable bonds is 4. The second-order valence-electron chi connectivity index (χ2n) is 6.82. The normalized spacial score (nSPS) is 17.2. The summed E-state index contributed by atoms with van der Waals surface area (Å²) in [6.07, 6.45) is 3.23. The van der Waals surface area contributed by atoms with Crippen molar-refractivity contribution in [2.75, 3.05) is 23.3 Å². The van der Waals surface area contributed by atoms with Crippen molar-refractivity contribution < 1.29 is 0 Å². The van der Waals surface area contributed by atoms with E-state index in [2.05, 4.69) is 25.4 Å². The number of benzene rings is 1. The first-order valence-corrected chi connectivity index (χ1v) is 9.15. The van der Waals surface area contributed by atoms with Crippen molar-refractivity contribution in [3.63, 3.8) is 0 Å². The summed E-state index contributed by atoms with van der Waals surface area (Å²) in [7, 11) is 1.73. The van der Waals surface area contributed by atoms with Gasteiger partial charge in [-0.1, -0.05) is 12.1 Å². The summed E-state index contributed by atoms with van der Waals surface area (Å²) in [5.74, 6) is 1.32. The highest BCUT2D eigenvalue weighted by atomic mass is 16.1. The summed E-state index contributed by atoms with van der Waals surface area (Å²) < 4.78 is 1.55. The van der Waals surface area contributed by atoms with E-state index in [0.717, 1.165) is 31.6 Å². The smallest absolute Gasteiger partial charge is 0.264 e. The van der Waals surface area contributed by atoms with E-state index in [9.17, 15) is 9.59 Å². The van der Waals surface area contributed by atoms with Gasteiger partial charge in [0.15, 0.2) is 0 Å². The molecule has 1 aromatic carbocycles. The van der Waals surface area contributed by atoms with Crippen molar-refractivity contribution in [2.24, 2.45) is 7.05 Å². The molecule has 1 aliphatic heterocycles. The van der Waals surface area contributed by atoms with Crippen molar-refractivity contribution in [1.82, 2.24) is 19.7 Å². The minimum Gasteiger partial charge on any atom is -0.353 e. The zero-order valence-electron chi connectivity index (χ0n) is 15.2. The lowest BCUT2D eigenvalue weighted by atomic mass is 10.0. The maximum absolute atomic E-state index is 12.5. The number of hydrogen-bond donors (Lipinski definition) is 2. The minimum atomic E-state index is -0.208. The summed E-state index contributed by atoms with van der Waals surface area (Å²) in [5.41, 5.74) is 0.414. The highest BCUT2D eigenvalue weighted by Crippen LogP contribution is 2.22. The van der Waals surface area contributed by atoms with Crippen LogP contribution in [-0.2, 0) is 7.05 Å². The van der Waals surface area contributed by atoms with Crippen LogP contribution in [0.25, 0.3) is 10.9 Å². The van der Waals surface area contributed by atoms with Crippen molar-refractivity contribution >= 4 is 22.7 Å². The molecule has 0 aliphatic carbocycles. The van der Waals surface area contributed by atoms with Crippen LogP contribution in [0.5, 0.6) is 0 Å². The van der Waals surface area contributed by atoms with Crippen LogP contribution in [0.1, 0.15) is 19.3 Å². The van der Waals surface area contributed by atoms with E-state index < -0.39 is 0 Å². The molecule has 2 N–H and O–H groups in total. The maximum atomic E-state index is 12.5. The van der Waals surface area contributed by atoms with E-state index in [1.807, 2.05) is 18.2 Å². The van der Waals surface area contributed by atoms with E-state index in [0.29, 0.717) is 23.4 Å². The van der Waals surface area contributed by atoms with Crippen LogP contribution in [0.2, 0.25) is 0 Å². The SMILES string of the molecule is Cn1c(NCC2CCCCN2c2ccc(=O)[nH]n2)nc2ccccc2c1=O. The van der Waals surface area contributed by atoms with Gasteiger partial charge in [0.25, 0.3) is 11.1 Å². The van der Waals surface area contributed by atoms with Crippen molar-refractivity contribution in [3.8, 4) is 0 Å². The molecule has 8 nitrogen and oxygen atoms in total. The number of piperidine rings is 1. The number of para-hydroxylation sites is 1. The number of fused-ring (bicyclic) bond motifs is 1. The van der Waals surface area contributed by atoms with Crippen LogP contribution >= 0.6 is 0 Å².